The summed E-state index contributed by atoms with van der Waals surface area (Å²) < 4.78 is 29.8. The molecule has 0 heterocycles. The number of hydrogen-bond donors (Lipinski definition) is 2. The largest absolute Gasteiger partial charge is 0.396 e. The molecule has 0 aromatic carbocycles. The van der Waals surface area contributed by atoms with E-state index in [-0.39, 0.29) is 5.75 Å². The van der Waals surface area contributed by atoms with Gasteiger partial charge in [0.15, 0.2) is 0 Å². The van der Waals surface area contributed by atoms with Crippen LogP contribution in [0.4, 0.5) is 0 Å². The fourth-order valence-electron chi connectivity index (χ4n) is 3.58. The van der Waals surface area contributed by atoms with Crippen LogP contribution in [0.5, 0.6) is 0 Å². The van der Waals surface area contributed by atoms with Crippen molar-refractivity contribution in [3.8, 4) is 0 Å². The zero-order valence-corrected chi connectivity index (χ0v) is 18.5. The van der Waals surface area contributed by atoms with Crippen molar-refractivity contribution < 1.29 is 18.1 Å². The van der Waals surface area contributed by atoms with Gasteiger partial charge in [0, 0.05) is 6.61 Å². The predicted molar refractivity (Wildman–Crippen MR) is 116 cm³/mol. The highest BCUT2D eigenvalue weighted by Crippen LogP contribution is 2.14. The molecule has 0 aromatic rings. The van der Waals surface area contributed by atoms with Crippen LogP contribution in [0.2, 0.25) is 0 Å². The standard InChI is InChI=1S/C22H46O4S/c23-21-19-17-15-13-11-9-7-5-3-1-2-4-6-8-10-12-14-16-18-20-22-27(24,25)26/h23H,1-22H2,(H,24,25,26). The van der Waals surface area contributed by atoms with Gasteiger partial charge in [0.05, 0.1) is 5.75 Å². The Hall–Kier alpha value is -0.130. The smallest absolute Gasteiger partial charge is 0.264 e. The van der Waals surface area contributed by atoms with Gasteiger partial charge in [0.25, 0.3) is 10.1 Å². The molecular weight excluding hydrogens is 360 g/mol. The van der Waals surface area contributed by atoms with Crippen LogP contribution in [0.1, 0.15) is 128 Å². The van der Waals surface area contributed by atoms with Crippen LogP contribution in [-0.4, -0.2) is 30.4 Å². The van der Waals surface area contributed by atoms with Crippen LogP contribution in [0.15, 0.2) is 0 Å². The van der Waals surface area contributed by atoms with Gasteiger partial charge in [-0.1, -0.05) is 116 Å². The van der Waals surface area contributed by atoms with Crippen LogP contribution in [-0.2, 0) is 10.1 Å². The van der Waals surface area contributed by atoms with Crippen molar-refractivity contribution in [1.29, 1.82) is 0 Å². The van der Waals surface area contributed by atoms with E-state index in [1.54, 1.807) is 0 Å². The molecule has 0 rings (SSSR count). The van der Waals surface area contributed by atoms with E-state index in [0.717, 1.165) is 19.3 Å². The second kappa shape index (κ2) is 20.6. The lowest BCUT2D eigenvalue weighted by Gasteiger charge is -2.04. The first kappa shape index (κ1) is 26.9. The predicted octanol–water partition coefficient (Wildman–Crippen LogP) is 6.67. The lowest BCUT2D eigenvalue weighted by molar-refractivity contribution is 0.282. The second-order valence-electron chi connectivity index (χ2n) is 8.08. The molecular formula is C22H46O4S. The van der Waals surface area contributed by atoms with Gasteiger partial charge >= 0.3 is 0 Å². The summed E-state index contributed by atoms with van der Waals surface area (Å²) in [4.78, 5) is 0. The Bertz CT molecular complexity index is 382. The number of rotatable bonds is 22. The Morgan fingerprint density at radius 1 is 0.407 bits per heavy atom. The first-order valence-corrected chi connectivity index (χ1v) is 13.2. The van der Waals surface area contributed by atoms with Gasteiger partial charge < -0.3 is 5.11 Å². The molecule has 2 N–H and O–H groups in total. The molecule has 0 aliphatic carbocycles. The molecule has 0 saturated heterocycles. The fourth-order valence-corrected chi connectivity index (χ4v) is 4.15. The average Bonchev–Trinajstić information content (AvgIpc) is 2.62. The van der Waals surface area contributed by atoms with Crippen LogP contribution in [0, 0.1) is 0 Å². The zero-order valence-electron chi connectivity index (χ0n) is 17.7. The van der Waals surface area contributed by atoms with Crippen molar-refractivity contribution in [2.24, 2.45) is 0 Å². The molecule has 0 bridgehead atoms. The van der Waals surface area contributed by atoms with Gasteiger partial charge in [-0.2, -0.15) is 8.42 Å². The van der Waals surface area contributed by atoms with E-state index < -0.39 is 10.1 Å². The lowest BCUT2D eigenvalue weighted by Crippen LogP contribution is -2.03. The summed E-state index contributed by atoms with van der Waals surface area (Å²) >= 11 is 0. The van der Waals surface area contributed by atoms with Gasteiger partial charge in [-0.15, -0.1) is 0 Å². The Morgan fingerprint density at radius 2 is 0.630 bits per heavy atom. The highest BCUT2D eigenvalue weighted by atomic mass is 32.2. The molecule has 0 amide bonds. The highest BCUT2D eigenvalue weighted by Gasteiger charge is 2.02. The van der Waals surface area contributed by atoms with E-state index in [2.05, 4.69) is 0 Å². The molecule has 0 aliphatic rings. The first-order valence-electron chi connectivity index (χ1n) is 11.6. The van der Waals surface area contributed by atoms with Crippen molar-refractivity contribution in [3.63, 3.8) is 0 Å². The van der Waals surface area contributed by atoms with Crippen molar-refractivity contribution in [2.45, 2.75) is 128 Å². The quantitative estimate of drug-likeness (QED) is 0.155. The van der Waals surface area contributed by atoms with Crippen molar-refractivity contribution in [3.05, 3.63) is 0 Å². The van der Waals surface area contributed by atoms with Crippen molar-refractivity contribution in [1.82, 2.24) is 0 Å². The molecule has 0 radical (unpaired) electrons. The number of unbranched alkanes of at least 4 members (excludes halogenated alkanes) is 19. The third kappa shape index (κ3) is 25.9. The topological polar surface area (TPSA) is 74.6 Å². The SMILES string of the molecule is O=S(=O)(O)CCCCCCCCCCCCCCCCCCCCCCO. The van der Waals surface area contributed by atoms with Gasteiger partial charge in [0.1, 0.15) is 0 Å². The van der Waals surface area contributed by atoms with Gasteiger partial charge in [-0.25, -0.2) is 0 Å². The molecule has 27 heavy (non-hydrogen) atoms. The molecule has 0 spiro atoms. The minimum Gasteiger partial charge on any atom is -0.396 e. The van der Waals surface area contributed by atoms with Gasteiger partial charge in [0.2, 0.25) is 0 Å². The van der Waals surface area contributed by atoms with E-state index in [1.165, 1.54) is 103 Å². The molecule has 0 aliphatic heterocycles. The van der Waals surface area contributed by atoms with Crippen LogP contribution >= 0.6 is 0 Å². The van der Waals surface area contributed by atoms with Gasteiger partial charge in [-0.3, -0.25) is 4.55 Å². The van der Waals surface area contributed by atoms with E-state index in [1.807, 2.05) is 0 Å². The van der Waals surface area contributed by atoms with E-state index in [4.69, 9.17) is 9.66 Å². The number of aliphatic hydroxyl groups excluding tert-OH is 1. The minimum atomic E-state index is -3.76. The summed E-state index contributed by atoms with van der Waals surface area (Å²) in [5.41, 5.74) is 0. The Balaban J connectivity index is 3.03. The third-order valence-electron chi connectivity index (χ3n) is 5.31. The molecule has 0 fully saturated rings. The molecule has 5 heteroatoms. The normalized spacial score (nSPS) is 11.9. The van der Waals surface area contributed by atoms with Crippen molar-refractivity contribution >= 4 is 10.1 Å². The molecule has 0 saturated carbocycles. The van der Waals surface area contributed by atoms with Crippen molar-refractivity contribution in [2.75, 3.05) is 12.4 Å². The maximum atomic E-state index is 10.6. The Kier molecular flexibility index (Phi) is 20.5. The van der Waals surface area contributed by atoms with E-state index in [9.17, 15) is 8.42 Å². The molecule has 164 valence electrons. The summed E-state index contributed by atoms with van der Waals surface area (Å²) in [5.74, 6) is -0.0849. The lowest BCUT2D eigenvalue weighted by atomic mass is 10.0. The fraction of sp³-hybridized carbons (Fsp3) is 1.00. The highest BCUT2D eigenvalue weighted by molar-refractivity contribution is 7.85. The molecule has 0 atom stereocenters. The second-order valence-corrected chi connectivity index (χ2v) is 9.65. The maximum Gasteiger partial charge on any atom is 0.264 e. The first-order chi connectivity index (χ1) is 13.1. The summed E-state index contributed by atoms with van der Waals surface area (Å²) in [6.45, 7) is 0.349. The van der Waals surface area contributed by atoms with E-state index >= 15 is 0 Å². The summed E-state index contributed by atoms with van der Waals surface area (Å²) in [6, 6.07) is 0. The monoisotopic (exact) mass is 406 g/mol. The summed E-state index contributed by atoms with van der Waals surface area (Å²) in [7, 11) is -3.76. The summed E-state index contributed by atoms with van der Waals surface area (Å²) in [5, 5.41) is 8.72. The third-order valence-corrected chi connectivity index (χ3v) is 6.11. The minimum absolute atomic E-state index is 0.0849. The number of hydrogen-bond acceptors (Lipinski definition) is 3. The Morgan fingerprint density at radius 3 is 0.852 bits per heavy atom. The van der Waals surface area contributed by atoms with Crippen LogP contribution in [0.25, 0.3) is 0 Å². The molecule has 4 nitrogen and oxygen atoms in total. The van der Waals surface area contributed by atoms with E-state index in [0.29, 0.717) is 13.0 Å². The molecule has 0 aromatic heterocycles. The number of aliphatic hydroxyl groups is 1. The maximum absolute atomic E-state index is 10.6. The van der Waals surface area contributed by atoms with Crippen LogP contribution < -0.4 is 0 Å². The van der Waals surface area contributed by atoms with Gasteiger partial charge in [-0.05, 0) is 12.8 Å². The average molecular weight is 407 g/mol. The summed E-state index contributed by atoms with van der Waals surface area (Å²) in [6.07, 6.45) is 24.9. The van der Waals surface area contributed by atoms with Crippen LogP contribution in [0.3, 0.4) is 0 Å². The Labute approximate surface area is 169 Å². The zero-order chi connectivity index (χ0) is 20.1. The molecule has 0 unspecified atom stereocenters.